The maximum absolute atomic E-state index is 12.2. The van der Waals surface area contributed by atoms with Crippen LogP contribution in [0.25, 0.3) is 21.9 Å². The molecule has 6 heteroatoms. The number of phenolic OH excluding ortho intramolecular Hbond substituents is 4. The van der Waals surface area contributed by atoms with Gasteiger partial charge in [0.2, 0.25) is 11.2 Å². The van der Waals surface area contributed by atoms with Gasteiger partial charge in [0.1, 0.15) is 22.5 Å². The highest BCUT2D eigenvalue weighted by Crippen LogP contribution is 2.39. The SMILES string of the molecule is O=c1c2ccc(O)cc2oc2c(O)c(O)cc(O)c12. The molecule has 2 aromatic carbocycles. The van der Waals surface area contributed by atoms with Gasteiger partial charge >= 0.3 is 0 Å². The van der Waals surface area contributed by atoms with Crippen molar-refractivity contribution < 1.29 is 24.8 Å². The molecule has 0 saturated heterocycles. The fourth-order valence-electron chi connectivity index (χ4n) is 1.97. The van der Waals surface area contributed by atoms with Gasteiger partial charge in [0.25, 0.3) is 0 Å². The summed E-state index contributed by atoms with van der Waals surface area (Å²) < 4.78 is 5.27. The fraction of sp³-hybridized carbons (Fsp3) is 0. The summed E-state index contributed by atoms with van der Waals surface area (Å²) in [5, 5.41) is 38.0. The van der Waals surface area contributed by atoms with Gasteiger partial charge < -0.3 is 24.8 Å². The van der Waals surface area contributed by atoms with Crippen molar-refractivity contribution in [2.75, 3.05) is 0 Å². The number of benzene rings is 2. The van der Waals surface area contributed by atoms with Crippen molar-refractivity contribution >= 4 is 21.9 Å². The third kappa shape index (κ3) is 1.46. The van der Waals surface area contributed by atoms with Crippen molar-refractivity contribution in [3.63, 3.8) is 0 Å². The van der Waals surface area contributed by atoms with Crippen LogP contribution < -0.4 is 5.43 Å². The second kappa shape index (κ2) is 3.55. The molecule has 0 aliphatic carbocycles. The lowest BCUT2D eigenvalue weighted by Crippen LogP contribution is -2.02. The van der Waals surface area contributed by atoms with Gasteiger partial charge in [-0.05, 0) is 12.1 Å². The van der Waals surface area contributed by atoms with Crippen molar-refractivity contribution in [2.45, 2.75) is 0 Å². The molecule has 0 unspecified atom stereocenters. The Morgan fingerprint density at radius 2 is 1.68 bits per heavy atom. The summed E-state index contributed by atoms with van der Waals surface area (Å²) in [7, 11) is 0. The van der Waals surface area contributed by atoms with Crippen LogP contribution in [-0.2, 0) is 0 Å². The number of rotatable bonds is 0. The molecule has 0 aliphatic rings. The Morgan fingerprint density at radius 1 is 0.947 bits per heavy atom. The molecule has 0 aliphatic heterocycles. The number of hydrogen-bond acceptors (Lipinski definition) is 6. The van der Waals surface area contributed by atoms with E-state index in [0.717, 1.165) is 6.07 Å². The van der Waals surface area contributed by atoms with E-state index in [-0.39, 0.29) is 27.7 Å². The normalized spacial score (nSPS) is 11.2. The topological polar surface area (TPSA) is 111 Å². The molecule has 6 nitrogen and oxygen atoms in total. The van der Waals surface area contributed by atoms with Crippen LogP contribution in [-0.4, -0.2) is 20.4 Å². The standard InChI is InChI=1S/C13H8O6/c14-5-1-2-6-9(3-5)19-13-10(11(6)17)7(15)4-8(16)12(13)18/h1-4,14-16,18H. The minimum atomic E-state index is -0.643. The Bertz CT molecular complexity index is 878. The summed E-state index contributed by atoms with van der Waals surface area (Å²) in [5.41, 5.74) is -0.859. The molecule has 3 rings (SSSR count). The highest BCUT2D eigenvalue weighted by atomic mass is 16.4. The Morgan fingerprint density at radius 3 is 2.42 bits per heavy atom. The van der Waals surface area contributed by atoms with Gasteiger partial charge in [-0.1, -0.05) is 0 Å². The summed E-state index contributed by atoms with van der Waals surface area (Å²) >= 11 is 0. The van der Waals surface area contributed by atoms with Crippen molar-refractivity contribution in [2.24, 2.45) is 0 Å². The molecule has 0 amide bonds. The molecule has 96 valence electrons. The molecule has 0 bridgehead atoms. The molecule has 4 N–H and O–H groups in total. The van der Waals surface area contributed by atoms with Gasteiger partial charge in [0, 0.05) is 12.1 Å². The van der Waals surface area contributed by atoms with E-state index < -0.39 is 22.7 Å². The van der Waals surface area contributed by atoms with Crippen LogP contribution in [0.3, 0.4) is 0 Å². The van der Waals surface area contributed by atoms with Crippen LogP contribution >= 0.6 is 0 Å². The van der Waals surface area contributed by atoms with Crippen LogP contribution in [0.1, 0.15) is 0 Å². The van der Waals surface area contributed by atoms with E-state index >= 15 is 0 Å². The van der Waals surface area contributed by atoms with Gasteiger partial charge in [-0.2, -0.15) is 0 Å². The monoisotopic (exact) mass is 260 g/mol. The predicted octanol–water partition coefficient (Wildman–Crippen LogP) is 1.77. The van der Waals surface area contributed by atoms with E-state index in [1.54, 1.807) is 0 Å². The molecule has 0 spiro atoms. The van der Waals surface area contributed by atoms with E-state index in [1.807, 2.05) is 0 Å². The summed E-state index contributed by atoms with van der Waals surface area (Å²) in [6.07, 6.45) is 0. The highest BCUT2D eigenvalue weighted by Gasteiger charge is 2.18. The van der Waals surface area contributed by atoms with Gasteiger partial charge in [-0.25, -0.2) is 0 Å². The molecular weight excluding hydrogens is 252 g/mol. The average Bonchev–Trinajstić information content (AvgIpc) is 2.35. The molecule has 1 heterocycles. The zero-order valence-corrected chi connectivity index (χ0v) is 9.41. The minimum Gasteiger partial charge on any atom is -0.508 e. The van der Waals surface area contributed by atoms with Crippen molar-refractivity contribution in [3.8, 4) is 23.0 Å². The van der Waals surface area contributed by atoms with Gasteiger partial charge in [-0.15, -0.1) is 0 Å². The Hall–Kier alpha value is -2.89. The third-order valence-corrected chi connectivity index (χ3v) is 2.86. The summed E-state index contributed by atoms with van der Waals surface area (Å²) in [4.78, 5) is 12.2. The number of aromatic hydroxyl groups is 4. The lowest BCUT2D eigenvalue weighted by molar-refractivity contribution is 0.395. The molecule has 0 saturated carbocycles. The molecule has 1 aromatic heterocycles. The maximum atomic E-state index is 12.2. The second-order valence-electron chi connectivity index (χ2n) is 4.08. The zero-order valence-electron chi connectivity index (χ0n) is 9.41. The van der Waals surface area contributed by atoms with E-state index in [0.29, 0.717) is 0 Å². The van der Waals surface area contributed by atoms with E-state index in [9.17, 15) is 25.2 Å². The maximum Gasteiger partial charge on any atom is 0.204 e. The van der Waals surface area contributed by atoms with Crippen LogP contribution in [0.5, 0.6) is 23.0 Å². The summed E-state index contributed by atoms with van der Waals surface area (Å²) in [6, 6.07) is 4.72. The van der Waals surface area contributed by atoms with Crippen molar-refractivity contribution in [1.82, 2.24) is 0 Å². The van der Waals surface area contributed by atoms with E-state index in [1.165, 1.54) is 18.2 Å². The average molecular weight is 260 g/mol. The van der Waals surface area contributed by atoms with Gasteiger partial charge in [0.15, 0.2) is 11.3 Å². The Labute approximate surface area is 105 Å². The van der Waals surface area contributed by atoms with Crippen LogP contribution in [0.15, 0.2) is 33.5 Å². The smallest absolute Gasteiger partial charge is 0.204 e. The number of phenols is 4. The molecule has 0 fully saturated rings. The first-order valence-corrected chi connectivity index (χ1v) is 5.32. The number of fused-ring (bicyclic) bond motifs is 2. The van der Waals surface area contributed by atoms with Crippen LogP contribution in [0.2, 0.25) is 0 Å². The van der Waals surface area contributed by atoms with E-state index in [2.05, 4.69) is 0 Å². The predicted molar refractivity (Wildman–Crippen MR) is 66.6 cm³/mol. The first-order valence-electron chi connectivity index (χ1n) is 5.32. The highest BCUT2D eigenvalue weighted by molar-refractivity contribution is 5.97. The van der Waals surface area contributed by atoms with Crippen LogP contribution in [0.4, 0.5) is 0 Å². The van der Waals surface area contributed by atoms with Crippen molar-refractivity contribution in [3.05, 3.63) is 34.5 Å². The van der Waals surface area contributed by atoms with Gasteiger partial charge in [-0.3, -0.25) is 4.79 Å². The molecule has 0 atom stereocenters. The minimum absolute atomic E-state index is 0.0396. The number of hydrogen-bond donors (Lipinski definition) is 4. The largest absolute Gasteiger partial charge is 0.508 e. The quantitative estimate of drug-likeness (QED) is 0.278. The van der Waals surface area contributed by atoms with E-state index in [4.69, 9.17) is 4.42 Å². The summed E-state index contributed by atoms with van der Waals surface area (Å²) in [6.45, 7) is 0. The van der Waals surface area contributed by atoms with Gasteiger partial charge in [0.05, 0.1) is 5.39 Å². The lowest BCUT2D eigenvalue weighted by Gasteiger charge is -2.06. The summed E-state index contributed by atoms with van der Waals surface area (Å²) in [5.74, 6) is -1.85. The zero-order chi connectivity index (χ0) is 13.7. The molecule has 3 aromatic rings. The molecule has 0 radical (unpaired) electrons. The van der Waals surface area contributed by atoms with Crippen molar-refractivity contribution in [1.29, 1.82) is 0 Å². The second-order valence-corrected chi connectivity index (χ2v) is 4.08. The first-order chi connectivity index (χ1) is 8.99. The fourth-order valence-corrected chi connectivity index (χ4v) is 1.97. The van der Waals surface area contributed by atoms with Crippen LogP contribution in [0, 0.1) is 0 Å². The first kappa shape index (κ1) is 11.2. The molecule has 19 heavy (non-hydrogen) atoms. The third-order valence-electron chi connectivity index (χ3n) is 2.86. The Balaban J connectivity index is 2.65. The lowest BCUT2D eigenvalue weighted by atomic mass is 10.1. The Kier molecular flexibility index (Phi) is 2.10. The molecular formula is C13H8O6.